The maximum absolute atomic E-state index is 2.57. The second kappa shape index (κ2) is 6.96. The lowest BCUT2D eigenvalue weighted by Gasteiger charge is -2.39. The summed E-state index contributed by atoms with van der Waals surface area (Å²) < 4.78 is 0. The zero-order chi connectivity index (χ0) is 22.0. The normalized spacial score (nSPS) is 20.1. The molecule has 0 heteroatoms. The van der Waals surface area contributed by atoms with E-state index in [4.69, 9.17) is 0 Å². The zero-order valence-electron chi connectivity index (χ0n) is 20.3. The Kier molecular flexibility index (Phi) is 4.67. The fourth-order valence-corrected chi connectivity index (χ4v) is 6.41. The summed E-state index contributed by atoms with van der Waals surface area (Å²) in [7, 11) is 0. The molecule has 0 aromatic heterocycles. The molecule has 0 nitrogen and oxygen atoms in total. The van der Waals surface area contributed by atoms with Crippen LogP contribution in [0.15, 0.2) is 60.2 Å². The van der Waals surface area contributed by atoms with E-state index in [1.807, 2.05) is 0 Å². The van der Waals surface area contributed by atoms with Crippen LogP contribution in [0.4, 0.5) is 0 Å². The van der Waals surface area contributed by atoms with Crippen LogP contribution in [0.1, 0.15) is 102 Å². The van der Waals surface area contributed by atoms with Crippen LogP contribution in [0.2, 0.25) is 0 Å². The van der Waals surface area contributed by atoms with E-state index >= 15 is 0 Å². The lowest BCUT2D eigenvalue weighted by atomic mass is 9.64. The fourth-order valence-electron chi connectivity index (χ4n) is 6.41. The number of benzene rings is 2. The van der Waals surface area contributed by atoms with Gasteiger partial charge < -0.3 is 0 Å². The van der Waals surface area contributed by atoms with Crippen LogP contribution in [0, 0.1) is 5.41 Å². The molecule has 0 amide bonds. The molecule has 0 saturated heterocycles. The quantitative estimate of drug-likeness (QED) is 0.464. The molecule has 0 atom stereocenters. The van der Waals surface area contributed by atoms with Gasteiger partial charge in [-0.1, -0.05) is 115 Å². The number of fused-ring (bicyclic) bond motifs is 3. The van der Waals surface area contributed by atoms with Crippen LogP contribution in [-0.2, 0) is 10.8 Å². The van der Waals surface area contributed by atoms with Gasteiger partial charge in [-0.3, -0.25) is 0 Å². The maximum atomic E-state index is 2.57. The van der Waals surface area contributed by atoms with E-state index < -0.39 is 0 Å². The molecule has 0 spiro atoms. The first-order valence-electron chi connectivity index (χ1n) is 12.3. The molecule has 1 fully saturated rings. The standard InChI is InChI=1S/C31H38/c1-29(2,3)22-13-15-24-25-16-14-23(30(4,5)6)20-27(25)28(26(24)19-22)31(17-9-10-18-31)21-11-7-8-12-21/h7-8,11,13-16,19-20,28H,9-10,12,17-18H2,1-6H3. The molecule has 1 saturated carbocycles. The minimum absolute atomic E-state index is 0.169. The summed E-state index contributed by atoms with van der Waals surface area (Å²) >= 11 is 0. The van der Waals surface area contributed by atoms with Crippen molar-refractivity contribution in [3.63, 3.8) is 0 Å². The molecule has 0 bridgehead atoms. The Hall–Kier alpha value is -2.08. The molecular weight excluding hydrogens is 372 g/mol. The highest BCUT2D eigenvalue weighted by Crippen LogP contribution is 2.63. The number of rotatable bonds is 2. The van der Waals surface area contributed by atoms with Crippen LogP contribution in [-0.4, -0.2) is 0 Å². The van der Waals surface area contributed by atoms with Crippen molar-refractivity contribution >= 4 is 0 Å². The third-order valence-corrected chi connectivity index (χ3v) is 8.21. The molecule has 0 radical (unpaired) electrons. The Balaban J connectivity index is 1.77. The Morgan fingerprint density at radius 3 is 1.68 bits per heavy atom. The smallest absolute Gasteiger partial charge is 0.0196 e. The van der Waals surface area contributed by atoms with E-state index in [0.29, 0.717) is 5.92 Å². The summed E-state index contributed by atoms with van der Waals surface area (Å²) in [6.45, 7) is 14.1. The van der Waals surface area contributed by atoms with Crippen molar-refractivity contribution in [2.24, 2.45) is 5.41 Å². The van der Waals surface area contributed by atoms with Gasteiger partial charge in [-0.25, -0.2) is 0 Å². The van der Waals surface area contributed by atoms with E-state index in [1.165, 1.54) is 47.9 Å². The summed E-state index contributed by atoms with van der Waals surface area (Å²) in [4.78, 5) is 0. The summed E-state index contributed by atoms with van der Waals surface area (Å²) in [6.07, 6.45) is 13.6. The Labute approximate surface area is 189 Å². The molecule has 2 aromatic rings. The van der Waals surface area contributed by atoms with E-state index in [-0.39, 0.29) is 16.2 Å². The van der Waals surface area contributed by atoms with Crippen molar-refractivity contribution in [1.82, 2.24) is 0 Å². The molecular formula is C31H38. The summed E-state index contributed by atoms with van der Waals surface area (Å²) in [6, 6.07) is 14.7. The van der Waals surface area contributed by atoms with E-state index in [2.05, 4.69) is 96.2 Å². The highest BCUT2D eigenvalue weighted by molar-refractivity contribution is 5.81. The number of allylic oxidation sites excluding steroid dienone is 4. The van der Waals surface area contributed by atoms with Crippen molar-refractivity contribution in [3.05, 3.63) is 82.5 Å². The van der Waals surface area contributed by atoms with E-state index in [1.54, 1.807) is 16.7 Å². The predicted molar refractivity (Wildman–Crippen MR) is 134 cm³/mol. The molecule has 0 heterocycles. The highest BCUT2D eigenvalue weighted by atomic mass is 14.5. The first kappa shape index (κ1) is 20.8. The van der Waals surface area contributed by atoms with Crippen molar-refractivity contribution in [2.75, 3.05) is 0 Å². The zero-order valence-corrected chi connectivity index (χ0v) is 20.3. The van der Waals surface area contributed by atoms with Crippen LogP contribution in [0.3, 0.4) is 0 Å². The van der Waals surface area contributed by atoms with Gasteiger partial charge in [0.05, 0.1) is 0 Å². The lowest BCUT2D eigenvalue weighted by Crippen LogP contribution is -2.28. The third kappa shape index (κ3) is 3.25. The fraction of sp³-hybridized carbons (Fsp3) is 0.484. The average Bonchev–Trinajstić information content (AvgIpc) is 3.44. The number of hydrogen-bond donors (Lipinski definition) is 0. The second-order valence-corrected chi connectivity index (χ2v) is 12.2. The topological polar surface area (TPSA) is 0 Å². The van der Waals surface area contributed by atoms with Crippen LogP contribution in [0.25, 0.3) is 11.1 Å². The van der Waals surface area contributed by atoms with Crippen LogP contribution < -0.4 is 0 Å². The molecule has 3 aliphatic carbocycles. The van der Waals surface area contributed by atoms with Crippen molar-refractivity contribution in [1.29, 1.82) is 0 Å². The predicted octanol–water partition coefficient (Wildman–Crippen LogP) is 8.84. The third-order valence-electron chi connectivity index (χ3n) is 8.21. The summed E-state index contributed by atoms with van der Waals surface area (Å²) in [5.74, 6) is 0.482. The molecule has 0 N–H and O–H groups in total. The summed E-state index contributed by atoms with van der Waals surface area (Å²) in [5.41, 5.74) is 11.3. The molecule has 31 heavy (non-hydrogen) atoms. The van der Waals surface area contributed by atoms with Crippen molar-refractivity contribution < 1.29 is 0 Å². The van der Waals surface area contributed by atoms with Gasteiger partial charge in [0, 0.05) is 11.3 Å². The van der Waals surface area contributed by atoms with Gasteiger partial charge in [-0.15, -0.1) is 0 Å². The lowest BCUT2D eigenvalue weighted by molar-refractivity contribution is 0.319. The Bertz CT molecular complexity index is 1010. The van der Waals surface area contributed by atoms with Gasteiger partial charge in [0.25, 0.3) is 0 Å². The average molecular weight is 411 g/mol. The molecule has 0 unspecified atom stereocenters. The Morgan fingerprint density at radius 1 is 0.742 bits per heavy atom. The first-order chi connectivity index (χ1) is 14.6. The molecule has 162 valence electrons. The van der Waals surface area contributed by atoms with E-state index in [0.717, 1.165) is 6.42 Å². The van der Waals surface area contributed by atoms with Crippen LogP contribution >= 0.6 is 0 Å². The van der Waals surface area contributed by atoms with Crippen molar-refractivity contribution in [3.8, 4) is 11.1 Å². The molecule has 3 aliphatic rings. The number of hydrogen-bond acceptors (Lipinski definition) is 0. The van der Waals surface area contributed by atoms with Gasteiger partial charge in [-0.2, -0.15) is 0 Å². The summed E-state index contributed by atoms with van der Waals surface area (Å²) in [5, 5.41) is 0. The molecule has 0 aliphatic heterocycles. The SMILES string of the molecule is CC(C)(C)c1ccc2c(c1)C(C1(C3=CC=CC3)CCCC1)c1cc(C(C)(C)C)ccc1-2. The Morgan fingerprint density at radius 2 is 1.26 bits per heavy atom. The second-order valence-electron chi connectivity index (χ2n) is 12.2. The van der Waals surface area contributed by atoms with Crippen molar-refractivity contribution in [2.45, 2.75) is 90.4 Å². The first-order valence-corrected chi connectivity index (χ1v) is 12.3. The highest BCUT2D eigenvalue weighted by Gasteiger charge is 2.49. The molecule has 5 rings (SSSR count). The van der Waals surface area contributed by atoms with Crippen LogP contribution in [0.5, 0.6) is 0 Å². The van der Waals surface area contributed by atoms with Gasteiger partial charge in [0.1, 0.15) is 0 Å². The monoisotopic (exact) mass is 410 g/mol. The minimum Gasteiger partial charge on any atom is -0.0804 e. The largest absolute Gasteiger partial charge is 0.0804 e. The molecule has 2 aromatic carbocycles. The van der Waals surface area contributed by atoms with Gasteiger partial charge in [-0.05, 0) is 63.5 Å². The van der Waals surface area contributed by atoms with Gasteiger partial charge in [0.15, 0.2) is 0 Å². The van der Waals surface area contributed by atoms with E-state index in [9.17, 15) is 0 Å². The van der Waals surface area contributed by atoms with Gasteiger partial charge in [0.2, 0.25) is 0 Å². The maximum Gasteiger partial charge on any atom is 0.0196 e. The van der Waals surface area contributed by atoms with Gasteiger partial charge >= 0.3 is 0 Å². The minimum atomic E-state index is 0.169.